The number of aryl methyl sites for hydroxylation is 1. The van der Waals surface area contributed by atoms with Crippen molar-refractivity contribution in [3.8, 4) is 5.75 Å². The molecule has 0 saturated carbocycles. The highest BCUT2D eigenvalue weighted by Crippen LogP contribution is 2.27. The van der Waals surface area contributed by atoms with Crippen molar-refractivity contribution in [2.75, 3.05) is 44.7 Å². The maximum absolute atomic E-state index is 11.0. The van der Waals surface area contributed by atoms with Gasteiger partial charge in [-0.15, -0.1) is 0 Å². The highest BCUT2D eigenvalue weighted by molar-refractivity contribution is 5.87. The van der Waals surface area contributed by atoms with E-state index in [0.29, 0.717) is 11.9 Å². The summed E-state index contributed by atoms with van der Waals surface area (Å²) < 4.78 is 7.82. The number of methoxy groups -OCH3 is 1. The molecule has 1 fully saturated rings. The van der Waals surface area contributed by atoms with E-state index in [1.54, 1.807) is 7.11 Å². The van der Waals surface area contributed by atoms with E-state index in [4.69, 9.17) is 9.84 Å². The van der Waals surface area contributed by atoms with Gasteiger partial charge in [-0.05, 0) is 55.8 Å². The molecule has 2 aromatic heterocycles. The number of piperidine rings is 1. The fourth-order valence-corrected chi connectivity index (χ4v) is 5.03. The number of rotatable bonds is 11. The van der Waals surface area contributed by atoms with Crippen LogP contribution in [0.4, 0.5) is 5.95 Å². The second kappa shape index (κ2) is 11.5. The third-order valence-corrected chi connectivity index (χ3v) is 7.08. The fraction of sp³-hybridized carbons (Fsp3) is 0.519. The van der Waals surface area contributed by atoms with Crippen molar-refractivity contribution < 1.29 is 14.6 Å². The number of anilines is 1. The SMILES string of the molecule is CCCn1cc(CCN(CC)CC2CCN(c3ncc(C(=O)O)cn3)CC2)c2ccc(OC)cc21. The van der Waals surface area contributed by atoms with E-state index in [-0.39, 0.29) is 5.56 Å². The molecule has 4 rings (SSSR count). The Morgan fingerprint density at radius 3 is 2.57 bits per heavy atom. The van der Waals surface area contributed by atoms with Crippen LogP contribution in [0, 0.1) is 5.92 Å². The Morgan fingerprint density at radius 1 is 1.20 bits per heavy atom. The summed E-state index contributed by atoms with van der Waals surface area (Å²) in [5.74, 6) is 1.19. The van der Waals surface area contributed by atoms with Gasteiger partial charge in [-0.25, -0.2) is 14.8 Å². The molecule has 1 aromatic carbocycles. The molecule has 8 nitrogen and oxygen atoms in total. The molecule has 0 radical (unpaired) electrons. The van der Waals surface area contributed by atoms with Crippen LogP contribution in [0.3, 0.4) is 0 Å². The average molecular weight is 480 g/mol. The van der Waals surface area contributed by atoms with Crippen LogP contribution in [0.1, 0.15) is 49.0 Å². The summed E-state index contributed by atoms with van der Waals surface area (Å²) in [5.41, 5.74) is 2.79. The molecule has 3 heterocycles. The number of hydrogen-bond donors (Lipinski definition) is 1. The van der Waals surface area contributed by atoms with Crippen LogP contribution in [0.25, 0.3) is 10.9 Å². The monoisotopic (exact) mass is 479 g/mol. The topological polar surface area (TPSA) is 83.7 Å². The molecule has 0 unspecified atom stereocenters. The van der Waals surface area contributed by atoms with Crippen LogP contribution in [0.5, 0.6) is 5.75 Å². The molecule has 1 aliphatic rings. The molecule has 0 atom stereocenters. The van der Waals surface area contributed by atoms with Crippen LogP contribution in [-0.2, 0) is 13.0 Å². The predicted molar refractivity (Wildman–Crippen MR) is 139 cm³/mol. The van der Waals surface area contributed by atoms with Gasteiger partial charge < -0.3 is 24.2 Å². The molecule has 1 aliphatic heterocycles. The maximum Gasteiger partial charge on any atom is 0.338 e. The van der Waals surface area contributed by atoms with Crippen molar-refractivity contribution in [3.63, 3.8) is 0 Å². The number of aromatic nitrogens is 3. The van der Waals surface area contributed by atoms with Crippen molar-refractivity contribution in [3.05, 3.63) is 47.9 Å². The molecule has 0 aliphatic carbocycles. The van der Waals surface area contributed by atoms with Gasteiger partial charge in [-0.3, -0.25) is 0 Å². The molecular formula is C27H37N5O3. The minimum Gasteiger partial charge on any atom is -0.497 e. The van der Waals surface area contributed by atoms with Gasteiger partial charge in [0, 0.05) is 62.8 Å². The van der Waals surface area contributed by atoms with Gasteiger partial charge >= 0.3 is 5.97 Å². The number of fused-ring (bicyclic) bond motifs is 1. The minimum atomic E-state index is -0.996. The van der Waals surface area contributed by atoms with Crippen LogP contribution in [-0.4, -0.2) is 70.3 Å². The number of aromatic carboxylic acids is 1. The zero-order valence-corrected chi connectivity index (χ0v) is 21.1. The number of carboxylic acid groups (broad SMARTS) is 1. The standard InChI is InChI=1S/C27H37N5O3/c1-4-11-32-19-21(24-7-6-23(35-3)15-25(24)32)10-12-30(5-2)18-20-8-13-31(14-9-20)27-28-16-22(17-29-27)26(33)34/h6-7,15-17,19-20H,4-5,8-14,18H2,1-3H3,(H,33,34). The number of carbonyl (C=O) groups is 1. The number of benzene rings is 1. The molecule has 8 heteroatoms. The van der Waals surface area contributed by atoms with E-state index in [9.17, 15) is 4.79 Å². The molecular weight excluding hydrogens is 442 g/mol. The molecule has 188 valence electrons. The van der Waals surface area contributed by atoms with Crippen molar-refractivity contribution in [1.29, 1.82) is 0 Å². The van der Waals surface area contributed by atoms with E-state index in [1.807, 2.05) is 0 Å². The second-order valence-corrected chi connectivity index (χ2v) is 9.38. The third kappa shape index (κ3) is 5.93. The molecule has 1 saturated heterocycles. The summed E-state index contributed by atoms with van der Waals surface area (Å²) in [6, 6.07) is 6.41. The van der Waals surface area contributed by atoms with E-state index in [2.05, 4.69) is 62.6 Å². The summed E-state index contributed by atoms with van der Waals surface area (Å²) in [7, 11) is 1.72. The summed E-state index contributed by atoms with van der Waals surface area (Å²) >= 11 is 0. The summed E-state index contributed by atoms with van der Waals surface area (Å²) in [6.07, 6.45) is 9.44. The van der Waals surface area contributed by atoms with Crippen molar-refractivity contribution in [2.45, 2.75) is 46.1 Å². The first-order valence-electron chi connectivity index (χ1n) is 12.7. The van der Waals surface area contributed by atoms with E-state index in [1.165, 1.54) is 28.9 Å². The summed E-state index contributed by atoms with van der Waals surface area (Å²) in [5, 5.41) is 10.4. The van der Waals surface area contributed by atoms with Gasteiger partial charge in [0.15, 0.2) is 0 Å². The number of hydrogen-bond acceptors (Lipinski definition) is 6. The lowest BCUT2D eigenvalue weighted by Gasteiger charge is -2.34. The van der Waals surface area contributed by atoms with Gasteiger partial charge in [0.05, 0.1) is 18.2 Å². The van der Waals surface area contributed by atoms with Gasteiger partial charge in [0.1, 0.15) is 5.75 Å². The normalized spacial score (nSPS) is 14.7. The molecule has 3 aromatic rings. The predicted octanol–water partition coefficient (Wildman–Crippen LogP) is 4.33. The minimum absolute atomic E-state index is 0.124. The molecule has 1 N–H and O–H groups in total. The largest absolute Gasteiger partial charge is 0.497 e. The smallest absolute Gasteiger partial charge is 0.338 e. The van der Waals surface area contributed by atoms with Gasteiger partial charge in [0.25, 0.3) is 0 Å². The third-order valence-electron chi connectivity index (χ3n) is 7.08. The number of likely N-dealkylation sites (N-methyl/N-ethyl adjacent to an activating group) is 1. The number of carboxylic acids is 1. The highest BCUT2D eigenvalue weighted by atomic mass is 16.5. The van der Waals surface area contributed by atoms with Crippen molar-refractivity contribution in [1.82, 2.24) is 19.4 Å². The maximum atomic E-state index is 11.0. The van der Waals surface area contributed by atoms with Crippen molar-refractivity contribution >= 4 is 22.8 Å². The molecule has 0 amide bonds. The molecule has 0 spiro atoms. The summed E-state index contributed by atoms with van der Waals surface area (Å²) in [6.45, 7) is 10.5. The van der Waals surface area contributed by atoms with E-state index >= 15 is 0 Å². The van der Waals surface area contributed by atoms with Crippen LogP contribution < -0.4 is 9.64 Å². The highest BCUT2D eigenvalue weighted by Gasteiger charge is 2.23. The summed E-state index contributed by atoms with van der Waals surface area (Å²) in [4.78, 5) is 24.3. The van der Waals surface area contributed by atoms with Crippen molar-refractivity contribution in [2.24, 2.45) is 5.92 Å². The fourth-order valence-electron chi connectivity index (χ4n) is 5.03. The Bertz CT molecular complexity index is 1120. The average Bonchev–Trinajstić information content (AvgIpc) is 3.23. The lowest BCUT2D eigenvalue weighted by Crippen LogP contribution is -2.40. The Kier molecular flexibility index (Phi) is 8.23. The molecule has 0 bridgehead atoms. The van der Waals surface area contributed by atoms with Crippen LogP contribution in [0.15, 0.2) is 36.8 Å². The Morgan fingerprint density at radius 2 is 1.94 bits per heavy atom. The Hall–Kier alpha value is -3.13. The lowest BCUT2D eigenvalue weighted by molar-refractivity contribution is 0.0696. The van der Waals surface area contributed by atoms with Gasteiger partial charge in [0.2, 0.25) is 5.95 Å². The van der Waals surface area contributed by atoms with Gasteiger partial charge in [-0.1, -0.05) is 13.8 Å². The van der Waals surface area contributed by atoms with E-state index < -0.39 is 5.97 Å². The van der Waals surface area contributed by atoms with Gasteiger partial charge in [-0.2, -0.15) is 0 Å². The first-order chi connectivity index (χ1) is 17.0. The quantitative estimate of drug-likeness (QED) is 0.438. The Labute approximate surface area is 207 Å². The second-order valence-electron chi connectivity index (χ2n) is 9.38. The lowest BCUT2D eigenvalue weighted by atomic mass is 9.96. The van der Waals surface area contributed by atoms with E-state index in [0.717, 1.165) is 70.7 Å². The van der Waals surface area contributed by atoms with Crippen LogP contribution in [0.2, 0.25) is 0 Å². The first-order valence-corrected chi connectivity index (χ1v) is 12.7. The number of nitrogens with zero attached hydrogens (tertiary/aromatic N) is 5. The first kappa shape index (κ1) is 25.0. The Balaban J connectivity index is 1.33. The van der Waals surface area contributed by atoms with Crippen LogP contribution >= 0.6 is 0 Å². The molecule has 35 heavy (non-hydrogen) atoms. The number of ether oxygens (including phenoxy) is 1. The zero-order chi connectivity index (χ0) is 24.8. The zero-order valence-electron chi connectivity index (χ0n) is 21.1.